The Morgan fingerprint density at radius 3 is 2.22 bits per heavy atom. The summed E-state index contributed by atoms with van der Waals surface area (Å²) >= 11 is 0. The van der Waals surface area contributed by atoms with E-state index in [4.69, 9.17) is 5.11 Å². The fourth-order valence-corrected chi connectivity index (χ4v) is 1.14. The number of carbonyl (C=O) groups is 2. The second-order valence-corrected chi connectivity index (χ2v) is 3.33. The Labute approximate surface area is 99.7 Å². The van der Waals surface area contributed by atoms with Crippen LogP contribution in [0.1, 0.15) is 12.5 Å². The quantitative estimate of drug-likeness (QED) is 0.641. The lowest BCUT2D eigenvalue weighted by atomic mass is 10.1. The molecule has 18 heavy (non-hydrogen) atoms. The molecular weight excluding hydrogens is 251 g/mol. The van der Waals surface area contributed by atoms with Gasteiger partial charge in [0.2, 0.25) is 5.91 Å². The average Bonchev–Trinajstić information content (AvgIpc) is 2.23. The van der Waals surface area contributed by atoms with E-state index in [0.717, 1.165) is 6.92 Å². The van der Waals surface area contributed by atoms with E-state index in [1.807, 2.05) is 5.32 Å². The predicted octanol–water partition coefficient (Wildman–Crippen LogP) is 1.67. The van der Waals surface area contributed by atoms with Gasteiger partial charge in [-0.05, 0) is 12.1 Å². The van der Waals surface area contributed by atoms with Gasteiger partial charge in [0.25, 0.3) is 0 Å². The van der Waals surface area contributed by atoms with Gasteiger partial charge < -0.3 is 10.4 Å². The van der Waals surface area contributed by atoms with Gasteiger partial charge in [-0.25, -0.2) is 18.0 Å². The molecule has 0 saturated carbocycles. The fraction of sp³-hybridized carbons (Fsp3) is 0.0909. The Hall–Kier alpha value is -2.31. The second-order valence-electron chi connectivity index (χ2n) is 3.33. The fourth-order valence-electron chi connectivity index (χ4n) is 1.14. The minimum atomic E-state index is -1.53. The number of benzene rings is 1. The number of hydrogen-bond donors (Lipinski definition) is 2. The highest BCUT2D eigenvalue weighted by Crippen LogP contribution is 2.16. The number of rotatable bonds is 3. The molecular formula is C11H8F3NO3. The van der Waals surface area contributed by atoms with Crippen molar-refractivity contribution in [2.75, 3.05) is 0 Å². The third-order valence-electron chi connectivity index (χ3n) is 1.88. The number of aliphatic carboxylic acids is 1. The van der Waals surface area contributed by atoms with Gasteiger partial charge >= 0.3 is 5.97 Å². The van der Waals surface area contributed by atoms with Gasteiger partial charge in [0.15, 0.2) is 11.6 Å². The summed E-state index contributed by atoms with van der Waals surface area (Å²) in [5.74, 6) is -6.07. The summed E-state index contributed by atoms with van der Waals surface area (Å²) in [7, 11) is 0. The van der Waals surface area contributed by atoms with Gasteiger partial charge in [-0.2, -0.15) is 0 Å². The molecule has 0 unspecified atom stereocenters. The van der Waals surface area contributed by atoms with Crippen LogP contribution in [0.2, 0.25) is 0 Å². The van der Waals surface area contributed by atoms with E-state index < -0.39 is 40.6 Å². The summed E-state index contributed by atoms with van der Waals surface area (Å²) in [6.07, 6.45) is 0.696. The monoisotopic (exact) mass is 259 g/mol. The lowest BCUT2D eigenvalue weighted by Crippen LogP contribution is -2.24. The molecule has 0 saturated heterocycles. The summed E-state index contributed by atoms with van der Waals surface area (Å²) in [6.45, 7) is 1.05. The number of halogens is 3. The van der Waals surface area contributed by atoms with E-state index in [1.54, 1.807) is 0 Å². The van der Waals surface area contributed by atoms with Crippen LogP contribution in [0.4, 0.5) is 13.2 Å². The topological polar surface area (TPSA) is 66.4 Å². The van der Waals surface area contributed by atoms with Crippen LogP contribution < -0.4 is 5.32 Å². The van der Waals surface area contributed by atoms with Crippen molar-refractivity contribution >= 4 is 18.0 Å². The summed E-state index contributed by atoms with van der Waals surface area (Å²) < 4.78 is 38.7. The Kier molecular flexibility index (Phi) is 4.09. The van der Waals surface area contributed by atoms with Crippen molar-refractivity contribution in [2.24, 2.45) is 0 Å². The first-order valence-corrected chi connectivity index (χ1v) is 4.68. The molecule has 96 valence electrons. The number of carbonyl (C=O) groups excluding carboxylic acids is 1. The molecule has 0 spiro atoms. The van der Waals surface area contributed by atoms with Crippen LogP contribution in [0.25, 0.3) is 6.08 Å². The standard InChI is InChI=1S/C11H8F3NO3/c1-5(16)15-10(11(17)18)3-6-2-8(13)9(14)4-7(6)12/h2-4H,1H3,(H,15,16)(H,17,18)/b10-3-. The van der Waals surface area contributed by atoms with Gasteiger partial charge in [-0.1, -0.05) is 0 Å². The van der Waals surface area contributed by atoms with Crippen LogP contribution in [-0.2, 0) is 9.59 Å². The van der Waals surface area contributed by atoms with Crippen LogP contribution in [0.15, 0.2) is 17.8 Å². The van der Waals surface area contributed by atoms with Gasteiger partial charge in [-0.15, -0.1) is 0 Å². The van der Waals surface area contributed by atoms with Gasteiger partial charge in [0.05, 0.1) is 0 Å². The molecule has 2 N–H and O–H groups in total. The van der Waals surface area contributed by atoms with Crippen molar-refractivity contribution in [2.45, 2.75) is 6.92 Å². The van der Waals surface area contributed by atoms with E-state index in [1.165, 1.54) is 0 Å². The smallest absolute Gasteiger partial charge is 0.352 e. The van der Waals surface area contributed by atoms with Crippen molar-refractivity contribution in [3.05, 3.63) is 40.8 Å². The number of amides is 1. The maximum absolute atomic E-state index is 13.2. The second kappa shape index (κ2) is 5.35. The summed E-state index contributed by atoms with van der Waals surface area (Å²) in [5, 5.41) is 10.7. The zero-order chi connectivity index (χ0) is 13.9. The highest BCUT2D eigenvalue weighted by atomic mass is 19.2. The molecule has 0 aliphatic heterocycles. The molecule has 0 bridgehead atoms. The zero-order valence-corrected chi connectivity index (χ0v) is 9.13. The van der Waals surface area contributed by atoms with E-state index >= 15 is 0 Å². The van der Waals surface area contributed by atoms with E-state index in [2.05, 4.69) is 0 Å². The molecule has 1 rings (SSSR count). The van der Waals surface area contributed by atoms with E-state index in [0.29, 0.717) is 12.1 Å². The third kappa shape index (κ3) is 3.34. The van der Waals surface area contributed by atoms with Gasteiger partial charge in [-0.3, -0.25) is 4.79 Å². The SMILES string of the molecule is CC(=O)N/C(=C\c1cc(F)c(F)cc1F)C(=O)O. The normalized spacial score (nSPS) is 11.2. The summed E-state index contributed by atoms with van der Waals surface area (Å²) in [4.78, 5) is 21.4. The predicted molar refractivity (Wildman–Crippen MR) is 55.7 cm³/mol. The lowest BCUT2D eigenvalue weighted by molar-refractivity contribution is -0.134. The van der Waals surface area contributed by atoms with Crippen molar-refractivity contribution in [3.8, 4) is 0 Å². The molecule has 0 heterocycles. The average molecular weight is 259 g/mol. The van der Waals surface area contributed by atoms with Crippen LogP contribution >= 0.6 is 0 Å². The van der Waals surface area contributed by atoms with Crippen molar-refractivity contribution in [1.29, 1.82) is 0 Å². The first-order valence-electron chi connectivity index (χ1n) is 4.68. The molecule has 0 fully saturated rings. The largest absolute Gasteiger partial charge is 0.477 e. The summed E-state index contributed by atoms with van der Waals surface area (Å²) in [5.41, 5.74) is -1.13. The highest BCUT2D eigenvalue weighted by molar-refractivity contribution is 5.96. The molecule has 0 atom stereocenters. The van der Waals surface area contributed by atoms with Crippen LogP contribution in [0.3, 0.4) is 0 Å². The number of hydrogen-bond acceptors (Lipinski definition) is 2. The Balaban J connectivity index is 3.23. The first kappa shape index (κ1) is 13.8. The van der Waals surface area contributed by atoms with Crippen LogP contribution in [0, 0.1) is 17.5 Å². The molecule has 1 aromatic rings. The molecule has 4 nitrogen and oxygen atoms in total. The maximum atomic E-state index is 13.2. The molecule has 7 heteroatoms. The minimum absolute atomic E-state index is 0.286. The van der Waals surface area contributed by atoms with Gasteiger partial charge in [0, 0.05) is 18.6 Å². The number of nitrogens with one attached hydrogen (secondary N) is 1. The molecule has 1 aromatic carbocycles. The number of carboxylic acid groups (broad SMARTS) is 1. The highest BCUT2D eigenvalue weighted by Gasteiger charge is 2.13. The van der Waals surface area contributed by atoms with E-state index in [9.17, 15) is 22.8 Å². The first-order chi connectivity index (χ1) is 8.31. The molecule has 0 aromatic heterocycles. The zero-order valence-electron chi connectivity index (χ0n) is 9.13. The van der Waals surface area contributed by atoms with Gasteiger partial charge in [0.1, 0.15) is 11.5 Å². The molecule has 1 amide bonds. The molecule has 0 aliphatic carbocycles. The number of carboxylic acids is 1. The third-order valence-corrected chi connectivity index (χ3v) is 1.88. The summed E-state index contributed by atoms with van der Waals surface area (Å²) in [6, 6.07) is 0.782. The molecule has 0 radical (unpaired) electrons. The van der Waals surface area contributed by atoms with E-state index in [-0.39, 0.29) is 6.07 Å². The maximum Gasteiger partial charge on any atom is 0.352 e. The van der Waals surface area contributed by atoms with Crippen LogP contribution in [0.5, 0.6) is 0 Å². The van der Waals surface area contributed by atoms with Crippen molar-refractivity contribution in [1.82, 2.24) is 5.32 Å². The van der Waals surface area contributed by atoms with Crippen molar-refractivity contribution < 1.29 is 27.9 Å². The molecule has 0 aliphatic rings. The Bertz CT molecular complexity index is 541. The van der Waals surface area contributed by atoms with Crippen LogP contribution in [-0.4, -0.2) is 17.0 Å². The Morgan fingerprint density at radius 1 is 1.17 bits per heavy atom. The lowest BCUT2D eigenvalue weighted by Gasteiger charge is -2.04. The Morgan fingerprint density at radius 2 is 1.72 bits per heavy atom. The minimum Gasteiger partial charge on any atom is -0.477 e. The van der Waals surface area contributed by atoms with Crippen molar-refractivity contribution in [3.63, 3.8) is 0 Å².